The number of aliphatic hydroxyl groups is 1. The third-order valence-corrected chi connectivity index (χ3v) is 5.99. The second-order valence-corrected chi connectivity index (χ2v) is 7.82. The highest BCUT2D eigenvalue weighted by Gasteiger charge is 2.32. The molecular weight excluding hydrogens is 348 g/mol. The lowest BCUT2D eigenvalue weighted by molar-refractivity contribution is -0.135. The monoisotopic (exact) mass is 372 g/mol. The van der Waals surface area contributed by atoms with Gasteiger partial charge in [-0.1, -0.05) is 30.3 Å². The van der Waals surface area contributed by atoms with Crippen molar-refractivity contribution in [3.8, 4) is 10.6 Å². The fraction of sp³-hybridized carbons (Fsp3) is 0.474. The predicted octanol–water partition coefficient (Wildman–Crippen LogP) is 1.18. The Kier molecular flexibility index (Phi) is 5.31. The third-order valence-electron chi connectivity index (χ3n) is 5.05. The fourth-order valence-electron chi connectivity index (χ4n) is 3.57. The van der Waals surface area contributed by atoms with Gasteiger partial charge in [0, 0.05) is 50.2 Å². The Morgan fingerprint density at radius 1 is 1.23 bits per heavy atom. The first-order valence-corrected chi connectivity index (χ1v) is 9.99. The largest absolute Gasteiger partial charge is 0.392 e. The van der Waals surface area contributed by atoms with Gasteiger partial charge >= 0.3 is 0 Å². The Morgan fingerprint density at radius 2 is 2.00 bits per heavy atom. The fourth-order valence-corrected chi connectivity index (χ4v) is 4.39. The smallest absolute Gasteiger partial charge is 0.239 e. The number of amides is 1. The lowest BCUT2D eigenvalue weighted by Crippen LogP contribution is -2.52. The number of nitrogens with one attached hydrogen (secondary N) is 1. The van der Waals surface area contributed by atoms with Gasteiger partial charge in [0.1, 0.15) is 5.01 Å². The van der Waals surface area contributed by atoms with E-state index >= 15 is 0 Å². The molecule has 2 aliphatic rings. The van der Waals surface area contributed by atoms with E-state index in [4.69, 9.17) is 4.98 Å². The van der Waals surface area contributed by atoms with E-state index in [9.17, 15) is 9.90 Å². The van der Waals surface area contributed by atoms with Crippen molar-refractivity contribution < 1.29 is 9.90 Å². The molecule has 3 heterocycles. The van der Waals surface area contributed by atoms with E-state index in [1.165, 1.54) is 0 Å². The summed E-state index contributed by atoms with van der Waals surface area (Å²) in [4.78, 5) is 21.5. The van der Waals surface area contributed by atoms with E-state index in [0.29, 0.717) is 13.0 Å². The van der Waals surface area contributed by atoms with Crippen molar-refractivity contribution in [2.24, 2.45) is 0 Å². The van der Waals surface area contributed by atoms with E-state index in [2.05, 4.69) is 27.7 Å². The molecule has 7 heteroatoms. The number of hydrogen-bond acceptors (Lipinski definition) is 6. The minimum absolute atomic E-state index is 0.126. The van der Waals surface area contributed by atoms with Crippen molar-refractivity contribution in [2.75, 3.05) is 32.7 Å². The average Bonchev–Trinajstić information content (AvgIpc) is 3.32. The van der Waals surface area contributed by atoms with Crippen LogP contribution in [0.4, 0.5) is 0 Å². The summed E-state index contributed by atoms with van der Waals surface area (Å²) in [6.45, 7) is 4.54. The summed E-state index contributed by atoms with van der Waals surface area (Å²) in [5, 5.41) is 15.9. The number of piperazine rings is 1. The van der Waals surface area contributed by atoms with Crippen molar-refractivity contribution in [3.05, 3.63) is 41.4 Å². The van der Waals surface area contributed by atoms with Crippen molar-refractivity contribution in [2.45, 2.75) is 25.1 Å². The van der Waals surface area contributed by atoms with Crippen LogP contribution in [0.15, 0.2) is 35.7 Å². The number of carbonyl (C=O) groups is 1. The molecule has 26 heavy (non-hydrogen) atoms. The Labute approximate surface area is 157 Å². The van der Waals surface area contributed by atoms with Gasteiger partial charge in [0.05, 0.1) is 17.8 Å². The first-order valence-electron chi connectivity index (χ1n) is 9.11. The highest BCUT2D eigenvalue weighted by molar-refractivity contribution is 7.13. The molecule has 0 saturated carbocycles. The van der Waals surface area contributed by atoms with Crippen LogP contribution in [0.1, 0.15) is 12.1 Å². The van der Waals surface area contributed by atoms with E-state index in [1.807, 2.05) is 23.1 Å². The first-order chi connectivity index (χ1) is 12.7. The first kappa shape index (κ1) is 17.6. The van der Waals surface area contributed by atoms with Crippen molar-refractivity contribution in [1.82, 2.24) is 20.1 Å². The van der Waals surface area contributed by atoms with Gasteiger partial charge in [-0.15, -0.1) is 11.3 Å². The number of nitrogens with zero attached hydrogens (tertiary/aromatic N) is 3. The van der Waals surface area contributed by atoms with Crippen LogP contribution in [0.3, 0.4) is 0 Å². The lowest BCUT2D eigenvalue weighted by Gasteiger charge is -2.35. The Bertz CT molecular complexity index is 743. The SMILES string of the molecule is O=C([C@H]1C[C@@H](O)CN1)N1CCN(Cc2csc(-c3ccccc3)n2)CC1. The Balaban J connectivity index is 1.29. The van der Waals surface area contributed by atoms with Crippen molar-refractivity contribution in [1.29, 1.82) is 0 Å². The number of aromatic nitrogens is 1. The van der Waals surface area contributed by atoms with Gasteiger partial charge in [0.25, 0.3) is 0 Å². The quantitative estimate of drug-likeness (QED) is 0.844. The minimum Gasteiger partial charge on any atom is -0.392 e. The predicted molar refractivity (Wildman–Crippen MR) is 102 cm³/mol. The number of rotatable bonds is 4. The second-order valence-electron chi connectivity index (χ2n) is 6.96. The third kappa shape index (κ3) is 3.96. The molecule has 4 rings (SSSR count). The number of benzene rings is 1. The average molecular weight is 372 g/mol. The van der Waals surface area contributed by atoms with Gasteiger partial charge in [-0.3, -0.25) is 9.69 Å². The molecule has 0 spiro atoms. The maximum atomic E-state index is 12.5. The van der Waals surface area contributed by atoms with Crippen LogP contribution >= 0.6 is 11.3 Å². The Morgan fingerprint density at radius 3 is 2.69 bits per heavy atom. The van der Waals surface area contributed by atoms with Gasteiger partial charge in [-0.2, -0.15) is 0 Å². The molecule has 0 aliphatic carbocycles. The second kappa shape index (κ2) is 7.84. The molecule has 0 radical (unpaired) electrons. The molecule has 2 fully saturated rings. The molecule has 0 unspecified atom stereocenters. The number of β-amino-alcohol motifs (C(OH)–C–C–N with tert-alkyl or cyclic N) is 1. The highest BCUT2D eigenvalue weighted by Crippen LogP contribution is 2.24. The summed E-state index contributed by atoms with van der Waals surface area (Å²) in [5.74, 6) is 0.126. The van der Waals surface area contributed by atoms with E-state index in [0.717, 1.165) is 49.0 Å². The molecule has 1 aromatic heterocycles. The lowest BCUT2D eigenvalue weighted by atomic mass is 10.1. The van der Waals surface area contributed by atoms with Crippen LogP contribution in [0.2, 0.25) is 0 Å². The van der Waals surface area contributed by atoms with E-state index in [1.54, 1.807) is 11.3 Å². The van der Waals surface area contributed by atoms with E-state index in [-0.39, 0.29) is 11.9 Å². The standard InChI is InChI=1S/C19H24N4O2S/c24-16-10-17(20-11-16)19(25)23-8-6-22(7-9-23)12-15-13-26-18(21-15)14-4-2-1-3-5-14/h1-5,13,16-17,20,24H,6-12H2/t16-,17-/m1/s1. The van der Waals surface area contributed by atoms with Crippen LogP contribution in [-0.2, 0) is 11.3 Å². The molecule has 2 aromatic rings. The van der Waals surface area contributed by atoms with Gasteiger partial charge in [-0.25, -0.2) is 4.98 Å². The molecule has 1 amide bonds. The van der Waals surface area contributed by atoms with E-state index < -0.39 is 6.10 Å². The molecular formula is C19H24N4O2S. The summed E-state index contributed by atoms with van der Waals surface area (Å²) >= 11 is 1.68. The number of aliphatic hydroxyl groups excluding tert-OH is 1. The molecule has 2 saturated heterocycles. The molecule has 2 N–H and O–H groups in total. The van der Waals surface area contributed by atoms with Crippen molar-refractivity contribution in [3.63, 3.8) is 0 Å². The zero-order valence-corrected chi connectivity index (χ0v) is 15.5. The van der Waals surface area contributed by atoms with Gasteiger partial charge in [0.2, 0.25) is 5.91 Å². The summed E-state index contributed by atoms with van der Waals surface area (Å²) in [6, 6.07) is 10.0. The van der Waals surface area contributed by atoms with Crippen LogP contribution < -0.4 is 5.32 Å². The number of carbonyl (C=O) groups excluding carboxylic acids is 1. The number of hydrogen-bond donors (Lipinski definition) is 2. The minimum atomic E-state index is -0.395. The summed E-state index contributed by atoms with van der Waals surface area (Å²) in [7, 11) is 0. The Hall–Kier alpha value is -1.80. The van der Waals surface area contributed by atoms with Crippen LogP contribution in [0, 0.1) is 0 Å². The topological polar surface area (TPSA) is 68.7 Å². The molecule has 138 valence electrons. The molecule has 0 bridgehead atoms. The molecule has 1 aromatic carbocycles. The normalized spacial score (nSPS) is 24.1. The highest BCUT2D eigenvalue weighted by atomic mass is 32.1. The van der Waals surface area contributed by atoms with Crippen LogP contribution in [0.25, 0.3) is 10.6 Å². The van der Waals surface area contributed by atoms with Gasteiger partial charge in [0.15, 0.2) is 0 Å². The molecule has 6 nitrogen and oxygen atoms in total. The molecule has 2 atom stereocenters. The van der Waals surface area contributed by atoms with Gasteiger partial charge < -0.3 is 15.3 Å². The van der Waals surface area contributed by atoms with Crippen LogP contribution in [-0.4, -0.2) is 70.7 Å². The zero-order chi connectivity index (χ0) is 17.9. The summed E-state index contributed by atoms with van der Waals surface area (Å²) < 4.78 is 0. The maximum Gasteiger partial charge on any atom is 0.239 e. The number of thiazole rings is 1. The summed E-state index contributed by atoms with van der Waals surface area (Å²) in [5.41, 5.74) is 2.25. The van der Waals surface area contributed by atoms with Gasteiger partial charge in [-0.05, 0) is 6.42 Å². The summed E-state index contributed by atoms with van der Waals surface area (Å²) in [6.07, 6.45) is 0.133. The van der Waals surface area contributed by atoms with Crippen molar-refractivity contribution >= 4 is 17.2 Å². The zero-order valence-electron chi connectivity index (χ0n) is 14.7. The molecule has 2 aliphatic heterocycles. The van der Waals surface area contributed by atoms with Crippen LogP contribution in [0.5, 0.6) is 0 Å². The maximum absolute atomic E-state index is 12.5.